The molecule has 0 heterocycles. The van der Waals surface area contributed by atoms with Crippen LogP contribution in [-0.4, -0.2) is 11.7 Å². The Bertz CT molecular complexity index is 544. The van der Waals surface area contributed by atoms with Crippen molar-refractivity contribution in [1.82, 2.24) is 0 Å². The fourth-order valence-corrected chi connectivity index (χ4v) is 2.40. The first-order valence-electron chi connectivity index (χ1n) is 5.92. The number of benzene rings is 2. The maximum atomic E-state index is 9.40. The molecule has 2 rings (SSSR count). The lowest BCUT2D eigenvalue weighted by Gasteiger charge is -2.11. The molecule has 0 radical (unpaired) electrons. The van der Waals surface area contributed by atoms with E-state index in [4.69, 9.17) is 16.3 Å². The molecule has 0 bridgehead atoms. The molecule has 0 amide bonds. The molecule has 19 heavy (non-hydrogen) atoms. The highest BCUT2D eigenvalue weighted by Gasteiger charge is 2.07. The summed E-state index contributed by atoms with van der Waals surface area (Å²) >= 11 is 9.45. The zero-order chi connectivity index (χ0) is 13.8. The van der Waals surface area contributed by atoms with Gasteiger partial charge in [0.2, 0.25) is 0 Å². The lowest BCUT2D eigenvalue weighted by Crippen LogP contribution is -2.03. The number of halogens is 2. The molecule has 0 aliphatic rings. The molecular weight excluding hydrogens is 328 g/mol. The van der Waals surface area contributed by atoms with Crippen molar-refractivity contribution in [3.8, 4) is 11.5 Å². The number of phenols is 1. The number of hydrogen-bond acceptors (Lipinski definition) is 2. The van der Waals surface area contributed by atoms with Crippen molar-refractivity contribution in [3.05, 3.63) is 57.0 Å². The summed E-state index contributed by atoms with van der Waals surface area (Å²) in [5.41, 5.74) is 2.04. The number of aromatic hydroxyl groups is 1. The second-order valence-corrected chi connectivity index (χ2v) is 5.62. The minimum atomic E-state index is 0.155. The third kappa shape index (κ3) is 3.88. The van der Waals surface area contributed by atoms with Gasteiger partial charge in [-0.2, -0.15) is 0 Å². The normalized spacial score (nSPS) is 10.5. The zero-order valence-corrected chi connectivity index (χ0v) is 12.8. The predicted octanol–water partition coefficient (Wildman–Crippen LogP) is 4.74. The number of aryl methyl sites for hydroxylation is 1. The maximum Gasteiger partial charge on any atom is 0.141 e. The van der Waals surface area contributed by atoms with Crippen LogP contribution in [0.1, 0.15) is 11.1 Å². The average molecular weight is 342 g/mol. The van der Waals surface area contributed by atoms with Gasteiger partial charge in [-0.05, 0) is 36.2 Å². The number of phenolic OH excluding ortho intramolecular Hbond substituents is 1. The molecule has 0 saturated carbocycles. The average Bonchev–Trinajstić information content (AvgIpc) is 2.34. The van der Waals surface area contributed by atoms with Crippen molar-refractivity contribution in [2.24, 2.45) is 0 Å². The first kappa shape index (κ1) is 14.2. The van der Waals surface area contributed by atoms with E-state index in [0.717, 1.165) is 16.5 Å². The van der Waals surface area contributed by atoms with Crippen LogP contribution >= 0.6 is 27.5 Å². The van der Waals surface area contributed by atoms with Gasteiger partial charge >= 0.3 is 0 Å². The molecule has 4 heteroatoms. The van der Waals surface area contributed by atoms with Gasteiger partial charge in [0.1, 0.15) is 11.5 Å². The lowest BCUT2D eigenvalue weighted by molar-refractivity contribution is 0.319. The van der Waals surface area contributed by atoms with Crippen molar-refractivity contribution in [2.45, 2.75) is 13.3 Å². The molecular formula is C15H14BrClO2. The fourth-order valence-electron chi connectivity index (χ4n) is 1.82. The van der Waals surface area contributed by atoms with Gasteiger partial charge in [0.15, 0.2) is 0 Å². The molecule has 2 aromatic carbocycles. The smallest absolute Gasteiger partial charge is 0.141 e. The van der Waals surface area contributed by atoms with Gasteiger partial charge < -0.3 is 9.84 Å². The molecule has 1 N–H and O–H groups in total. The number of rotatable bonds is 4. The van der Waals surface area contributed by atoms with Gasteiger partial charge in [-0.25, -0.2) is 0 Å². The van der Waals surface area contributed by atoms with Crippen molar-refractivity contribution in [2.75, 3.05) is 6.61 Å². The summed E-state index contributed by atoms with van der Waals surface area (Å²) in [5, 5.41) is 9.84. The molecule has 2 nitrogen and oxygen atoms in total. The van der Waals surface area contributed by atoms with E-state index in [2.05, 4.69) is 28.1 Å². The van der Waals surface area contributed by atoms with Crippen LogP contribution in [0.5, 0.6) is 11.5 Å². The van der Waals surface area contributed by atoms with Crippen LogP contribution in [0.25, 0.3) is 0 Å². The van der Waals surface area contributed by atoms with Crippen molar-refractivity contribution >= 4 is 27.5 Å². The summed E-state index contributed by atoms with van der Waals surface area (Å²) in [7, 11) is 0. The van der Waals surface area contributed by atoms with Crippen LogP contribution in [0.15, 0.2) is 40.9 Å². The summed E-state index contributed by atoms with van der Waals surface area (Å²) in [6.07, 6.45) is 0.809. The standard InChI is InChI=1S/C15H14BrClO2/c1-10-8-13(18)9-14(17)15(10)19-7-6-11-2-4-12(16)5-3-11/h2-5,8-9,18H,6-7H2,1H3. The highest BCUT2D eigenvalue weighted by molar-refractivity contribution is 9.10. The first-order chi connectivity index (χ1) is 9.06. The first-order valence-corrected chi connectivity index (χ1v) is 7.09. The highest BCUT2D eigenvalue weighted by atomic mass is 79.9. The Kier molecular flexibility index (Phi) is 4.72. The molecule has 0 atom stereocenters. The van der Waals surface area contributed by atoms with Gasteiger partial charge in [0, 0.05) is 17.0 Å². The Morgan fingerprint density at radius 3 is 2.53 bits per heavy atom. The topological polar surface area (TPSA) is 29.5 Å². The highest BCUT2D eigenvalue weighted by Crippen LogP contribution is 2.32. The van der Waals surface area contributed by atoms with Gasteiger partial charge in [-0.1, -0.05) is 39.7 Å². The molecule has 0 aliphatic carbocycles. The molecule has 0 spiro atoms. The van der Waals surface area contributed by atoms with E-state index in [0.29, 0.717) is 17.4 Å². The molecule has 0 unspecified atom stereocenters. The van der Waals surface area contributed by atoms with Gasteiger partial charge in [-0.15, -0.1) is 0 Å². The monoisotopic (exact) mass is 340 g/mol. The lowest BCUT2D eigenvalue weighted by atomic mass is 10.1. The molecule has 0 saturated heterocycles. The van der Waals surface area contributed by atoms with E-state index < -0.39 is 0 Å². The summed E-state index contributed by atoms with van der Waals surface area (Å²) in [4.78, 5) is 0. The van der Waals surface area contributed by atoms with Crippen LogP contribution in [-0.2, 0) is 6.42 Å². The Balaban J connectivity index is 1.98. The van der Waals surface area contributed by atoms with Gasteiger partial charge in [0.25, 0.3) is 0 Å². The van der Waals surface area contributed by atoms with E-state index in [1.54, 1.807) is 6.07 Å². The van der Waals surface area contributed by atoms with Crippen LogP contribution in [0.2, 0.25) is 5.02 Å². The summed E-state index contributed by atoms with van der Waals surface area (Å²) in [6, 6.07) is 11.3. The number of hydrogen-bond donors (Lipinski definition) is 1. The van der Waals surface area contributed by atoms with Crippen LogP contribution < -0.4 is 4.74 Å². The minimum Gasteiger partial charge on any atom is -0.508 e. The summed E-state index contributed by atoms with van der Waals surface area (Å²) in [6.45, 7) is 2.41. The van der Waals surface area contributed by atoms with Crippen LogP contribution in [0.4, 0.5) is 0 Å². The van der Waals surface area contributed by atoms with Crippen LogP contribution in [0, 0.1) is 6.92 Å². The van der Waals surface area contributed by atoms with Gasteiger partial charge in [-0.3, -0.25) is 0 Å². The second kappa shape index (κ2) is 6.31. The zero-order valence-electron chi connectivity index (χ0n) is 10.5. The number of ether oxygens (including phenoxy) is 1. The van der Waals surface area contributed by atoms with Crippen molar-refractivity contribution < 1.29 is 9.84 Å². The Morgan fingerprint density at radius 1 is 1.21 bits per heavy atom. The Hall–Kier alpha value is -1.19. The Morgan fingerprint density at radius 2 is 1.89 bits per heavy atom. The minimum absolute atomic E-state index is 0.155. The quantitative estimate of drug-likeness (QED) is 0.870. The van der Waals surface area contributed by atoms with E-state index in [-0.39, 0.29) is 5.75 Å². The SMILES string of the molecule is Cc1cc(O)cc(Cl)c1OCCc1ccc(Br)cc1. The summed E-state index contributed by atoms with van der Waals surface area (Å²) in [5.74, 6) is 0.791. The molecule has 0 aromatic heterocycles. The van der Waals surface area contributed by atoms with Crippen molar-refractivity contribution in [1.29, 1.82) is 0 Å². The fraction of sp³-hybridized carbons (Fsp3) is 0.200. The maximum absolute atomic E-state index is 9.40. The molecule has 0 aliphatic heterocycles. The molecule has 100 valence electrons. The van der Waals surface area contributed by atoms with E-state index >= 15 is 0 Å². The predicted molar refractivity (Wildman–Crippen MR) is 81.2 cm³/mol. The Labute approximate surface area is 126 Å². The third-order valence-corrected chi connectivity index (χ3v) is 3.57. The van der Waals surface area contributed by atoms with E-state index in [9.17, 15) is 5.11 Å². The third-order valence-electron chi connectivity index (χ3n) is 2.76. The molecule has 2 aromatic rings. The van der Waals surface area contributed by atoms with Crippen LogP contribution in [0.3, 0.4) is 0 Å². The largest absolute Gasteiger partial charge is 0.508 e. The van der Waals surface area contributed by atoms with E-state index in [1.807, 2.05) is 19.1 Å². The van der Waals surface area contributed by atoms with Crippen molar-refractivity contribution in [3.63, 3.8) is 0 Å². The van der Waals surface area contributed by atoms with E-state index in [1.165, 1.54) is 11.6 Å². The second-order valence-electron chi connectivity index (χ2n) is 4.30. The van der Waals surface area contributed by atoms with Gasteiger partial charge in [0.05, 0.1) is 11.6 Å². The molecule has 0 fully saturated rings. The summed E-state index contributed by atoms with van der Waals surface area (Å²) < 4.78 is 6.77.